The number of carbonyl (C=O) groups is 1. The molecular weight excluding hydrogens is 403 g/mol. The van der Waals surface area contributed by atoms with Crippen LogP contribution in [0.15, 0.2) is 66.3 Å². The maximum Gasteiger partial charge on any atom is 0.416 e. The highest BCUT2D eigenvalue weighted by atomic mass is 35.5. The molecule has 2 aromatic rings. The molecule has 152 valence electrons. The summed E-state index contributed by atoms with van der Waals surface area (Å²) >= 11 is 5.96. The maximum atomic E-state index is 12.7. The van der Waals surface area contributed by atoms with Gasteiger partial charge in [-0.2, -0.15) is 18.3 Å². The van der Waals surface area contributed by atoms with Crippen LogP contribution in [0.2, 0.25) is 5.02 Å². The number of hydrazone groups is 1. The molecule has 29 heavy (non-hydrogen) atoms. The number of amides is 2. The second-order valence-electron chi connectivity index (χ2n) is 7.07. The number of urea groups is 1. The van der Waals surface area contributed by atoms with Crippen molar-refractivity contribution in [3.63, 3.8) is 0 Å². The smallest absolute Gasteiger partial charge is 0.306 e. The Kier molecular flexibility index (Phi) is 5.71. The standard InChI is InChI=1S/C21H19ClF3N3O/c1-3-12-20(2)13-28(27-18(20)14-4-8-16(22)9-5-14)19(29)26-17-10-6-15(7-11-17)21(23,24)25/h3-11H,1,12-13H2,2H3,(H,26,29). The molecule has 0 bridgehead atoms. The van der Waals surface area contributed by atoms with E-state index in [-0.39, 0.29) is 5.69 Å². The topological polar surface area (TPSA) is 44.7 Å². The molecule has 1 aliphatic rings. The van der Waals surface area contributed by atoms with Gasteiger partial charge in [-0.15, -0.1) is 6.58 Å². The Bertz CT molecular complexity index is 939. The van der Waals surface area contributed by atoms with E-state index in [1.807, 2.05) is 19.1 Å². The van der Waals surface area contributed by atoms with E-state index in [1.54, 1.807) is 18.2 Å². The molecule has 1 unspecified atom stereocenters. The Morgan fingerprint density at radius 2 is 1.86 bits per heavy atom. The van der Waals surface area contributed by atoms with Crippen molar-refractivity contribution in [2.24, 2.45) is 10.5 Å². The summed E-state index contributed by atoms with van der Waals surface area (Å²) in [5.74, 6) is 0. The van der Waals surface area contributed by atoms with E-state index in [0.717, 1.165) is 23.4 Å². The molecular formula is C21H19ClF3N3O. The van der Waals surface area contributed by atoms with E-state index < -0.39 is 23.2 Å². The molecule has 0 aromatic heterocycles. The minimum absolute atomic E-state index is 0.253. The first-order chi connectivity index (χ1) is 13.6. The number of nitrogens with zero attached hydrogens (tertiary/aromatic N) is 2. The normalized spacial score (nSPS) is 19.1. The highest BCUT2D eigenvalue weighted by Crippen LogP contribution is 2.35. The molecule has 1 aliphatic heterocycles. The third-order valence-electron chi connectivity index (χ3n) is 4.70. The summed E-state index contributed by atoms with van der Waals surface area (Å²) in [6.07, 6.45) is -2.07. The van der Waals surface area contributed by atoms with Gasteiger partial charge in [0.05, 0.1) is 17.8 Å². The first-order valence-corrected chi connectivity index (χ1v) is 9.22. The lowest BCUT2D eigenvalue weighted by Gasteiger charge is -2.25. The number of rotatable bonds is 4. The van der Waals surface area contributed by atoms with Gasteiger partial charge in [0.15, 0.2) is 0 Å². The van der Waals surface area contributed by atoms with Gasteiger partial charge in [0.2, 0.25) is 0 Å². The van der Waals surface area contributed by atoms with Gasteiger partial charge in [-0.05, 0) is 48.4 Å². The van der Waals surface area contributed by atoms with Crippen LogP contribution in [0, 0.1) is 5.41 Å². The van der Waals surface area contributed by atoms with Gasteiger partial charge < -0.3 is 5.32 Å². The average Bonchev–Trinajstić information content (AvgIpc) is 3.00. The molecule has 8 heteroatoms. The van der Waals surface area contributed by atoms with Crippen LogP contribution < -0.4 is 5.32 Å². The van der Waals surface area contributed by atoms with Gasteiger partial charge in [-0.3, -0.25) is 0 Å². The first-order valence-electron chi connectivity index (χ1n) is 8.84. The lowest BCUT2D eigenvalue weighted by Crippen LogP contribution is -2.35. The summed E-state index contributed by atoms with van der Waals surface area (Å²) in [7, 11) is 0. The van der Waals surface area contributed by atoms with Crippen LogP contribution in [-0.2, 0) is 6.18 Å². The molecule has 0 fully saturated rings. The zero-order valence-corrected chi connectivity index (χ0v) is 16.4. The molecule has 1 atom stereocenters. The fourth-order valence-corrected chi connectivity index (χ4v) is 3.35. The molecule has 0 radical (unpaired) electrons. The second-order valence-corrected chi connectivity index (χ2v) is 7.51. The van der Waals surface area contributed by atoms with Crippen LogP contribution in [0.25, 0.3) is 0 Å². The van der Waals surface area contributed by atoms with Crippen molar-refractivity contribution >= 4 is 29.0 Å². The molecule has 2 aromatic carbocycles. The third kappa shape index (κ3) is 4.62. The summed E-state index contributed by atoms with van der Waals surface area (Å²) in [5.41, 5.74) is 0.578. The number of benzene rings is 2. The van der Waals surface area contributed by atoms with Gasteiger partial charge in [0.25, 0.3) is 0 Å². The number of nitrogens with one attached hydrogen (secondary N) is 1. The summed E-state index contributed by atoms with van der Waals surface area (Å²) in [5, 5.41) is 8.94. The van der Waals surface area contributed by atoms with Crippen molar-refractivity contribution in [3.8, 4) is 0 Å². The SMILES string of the molecule is C=CCC1(C)CN(C(=O)Nc2ccc(C(F)(F)F)cc2)N=C1c1ccc(Cl)cc1. The molecule has 2 amide bonds. The van der Waals surface area contributed by atoms with Crippen LogP contribution in [0.5, 0.6) is 0 Å². The van der Waals surface area contributed by atoms with E-state index in [2.05, 4.69) is 17.0 Å². The minimum Gasteiger partial charge on any atom is -0.306 e. The number of anilines is 1. The number of allylic oxidation sites excluding steroid dienone is 1. The van der Waals surface area contributed by atoms with Crippen molar-refractivity contribution in [3.05, 3.63) is 77.3 Å². The molecule has 0 aliphatic carbocycles. The predicted molar refractivity (Wildman–Crippen MR) is 108 cm³/mol. The van der Waals surface area contributed by atoms with Crippen LogP contribution in [0.1, 0.15) is 24.5 Å². The van der Waals surface area contributed by atoms with Gasteiger partial charge in [0, 0.05) is 16.1 Å². The molecule has 4 nitrogen and oxygen atoms in total. The number of hydrogen-bond acceptors (Lipinski definition) is 2. The van der Waals surface area contributed by atoms with Gasteiger partial charge >= 0.3 is 12.2 Å². The Hall–Kier alpha value is -2.80. The molecule has 0 saturated carbocycles. The van der Waals surface area contributed by atoms with E-state index in [9.17, 15) is 18.0 Å². The number of halogens is 4. The number of carbonyl (C=O) groups excluding carboxylic acids is 1. The Labute approximate surface area is 171 Å². The molecule has 1 N–H and O–H groups in total. The quantitative estimate of drug-likeness (QED) is 0.587. The fraction of sp³-hybridized carbons (Fsp3) is 0.238. The maximum absolute atomic E-state index is 12.7. The summed E-state index contributed by atoms with van der Waals surface area (Å²) in [6, 6.07) is 10.9. The van der Waals surface area contributed by atoms with Crippen molar-refractivity contribution in [1.29, 1.82) is 0 Å². The van der Waals surface area contributed by atoms with E-state index in [0.29, 0.717) is 18.0 Å². The lowest BCUT2D eigenvalue weighted by molar-refractivity contribution is -0.137. The number of alkyl halides is 3. The van der Waals surface area contributed by atoms with Crippen LogP contribution in [0.4, 0.5) is 23.7 Å². The van der Waals surface area contributed by atoms with Crippen molar-refractivity contribution < 1.29 is 18.0 Å². The molecule has 3 rings (SSSR count). The van der Waals surface area contributed by atoms with Crippen molar-refractivity contribution in [2.75, 3.05) is 11.9 Å². The van der Waals surface area contributed by atoms with Gasteiger partial charge in [0.1, 0.15) is 0 Å². The highest BCUT2D eigenvalue weighted by molar-refractivity contribution is 6.30. The summed E-state index contributed by atoms with van der Waals surface area (Å²) in [6.45, 7) is 6.08. The second kappa shape index (κ2) is 7.91. The monoisotopic (exact) mass is 421 g/mol. The lowest BCUT2D eigenvalue weighted by atomic mass is 9.79. The van der Waals surface area contributed by atoms with E-state index >= 15 is 0 Å². The van der Waals surface area contributed by atoms with E-state index in [4.69, 9.17) is 11.6 Å². The minimum atomic E-state index is -4.43. The van der Waals surface area contributed by atoms with Crippen LogP contribution in [-0.4, -0.2) is 23.3 Å². The highest BCUT2D eigenvalue weighted by Gasteiger charge is 2.40. The molecule has 0 spiro atoms. The Balaban J connectivity index is 1.81. The van der Waals surface area contributed by atoms with Gasteiger partial charge in [-0.25, -0.2) is 9.80 Å². The van der Waals surface area contributed by atoms with Crippen molar-refractivity contribution in [1.82, 2.24) is 5.01 Å². The Morgan fingerprint density at radius 1 is 1.24 bits per heavy atom. The summed E-state index contributed by atoms with van der Waals surface area (Å²) in [4.78, 5) is 12.7. The van der Waals surface area contributed by atoms with Crippen molar-refractivity contribution in [2.45, 2.75) is 19.5 Å². The zero-order chi connectivity index (χ0) is 21.2. The third-order valence-corrected chi connectivity index (χ3v) is 4.95. The Morgan fingerprint density at radius 3 is 2.41 bits per heavy atom. The predicted octanol–water partition coefficient (Wildman–Crippen LogP) is 6.19. The van der Waals surface area contributed by atoms with E-state index in [1.165, 1.54) is 17.1 Å². The van der Waals surface area contributed by atoms with Crippen LogP contribution >= 0.6 is 11.6 Å². The van der Waals surface area contributed by atoms with Gasteiger partial charge in [-0.1, -0.05) is 36.7 Å². The first kappa shape index (κ1) is 20.9. The van der Waals surface area contributed by atoms with Crippen LogP contribution in [0.3, 0.4) is 0 Å². The number of hydrogen-bond donors (Lipinski definition) is 1. The largest absolute Gasteiger partial charge is 0.416 e. The molecule has 1 heterocycles. The fourth-order valence-electron chi connectivity index (χ4n) is 3.22. The summed E-state index contributed by atoms with van der Waals surface area (Å²) < 4.78 is 38.1. The molecule has 0 saturated heterocycles. The average molecular weight is 422 g/mol. The zero-order valence-electron chi connectivity index (χ0n) is 15.6.